The lowest BCUT2D eigenvalue weighted by molar-refractivity contribution is 0.188. The summed E-state index contributed by atoms with van der Waals surface area (Å²) in [4.78, 5) is 0. The first-order valence-corrected chi connectivity index (χ1v) is 4.84. The highest BCUT2D eigenvalue weighted by Gasteiger charge is 2.06. The van der Waals surface area contributed by atoms with Gasteiger partial charge in [-0.25, -0.2) is 4.39 Å². The van der Waals surface area contributed by atoms with Crippen molar-refractivity contribution in [2.45, 2.75) is 13.0 Å². The van der Waals surface area contributed by atoms with Crippen molar-refractivity contribution in [3.05, 3.63) is 29.6 Å². The zero-order chi connectivity index (χ0) is 11.3. The molecule has 0 amide bonds. The van der Waals surface area contributed by atoms with Gasteiger partial charge < -0.3 is 15.2 Å². The van der Waals surface area contributed by atoms with Crippen LogP contribution in [0.4, 0.5) is 4.39 Å². The molecule has 1 aromatic rings. The number of halogens is 1. The Hall–Kier alpha value is -1.13. The number of hydrogen-bond donors (Lipinski definition) is 2. The Kier molecular flexibility index (Phi) is 4.52. The number of ether oxygens (including phenoxy) is 1. The van der Waals surface area contributed by atoms with Crippen molar-refractivity contribution in [1.29, 1.82) is 0 Å². The number of benzene rings is 1. The highest BCUT2D eigenvalue weighted by atomic mass is 19.1. The summed E-state index contributed by atoms with van der Waals surface area (Å²) >= 11 is 0. The van der Waals surface area contributed by atoms with E-state index in [0.717, 1.165) is 0 Å². The fraction of sp³-hybridized carbons (Fsp3) is 0.455. The summed E-state index contributed by atoms with van der Waals surface area (Å²) in [6.45, 7) is 2.00. The molecule has 0 heterocycles. The second kappa shape index (κ2) is 5.68. The summed E-state index contributed by atoms with van der Waals surface area (Å²) in [5.41, 5.74) is 0.592. The third-order valence-electron chi connectivity index (χ3n) is 2.22. The highest BCUT2D eigenvalue weighted by Crippen LogP contribution is 2.15. The molecule has 0 aliphatic carbocycles. The number of rotatable bonds is 5. The topological polar surface area (TPSA) is 41.5 Å². The van der Waals surface area contributed by atoms with Gasteiger partial charge in [0.15, 0.2) is 0 Å². The number of nitrogens with one attached hydrogen (secondary N) is 1. The maximum Gasteiger partial charge on any atom is 0.129 e. The van der Waals surface area contributed by atoms with Gasteiger partial charge in [-0.2, -0.15) is 0 Å². The fourth-order valence-electron chi connectivity index (χ4n) is 1.09. The van der Waals surface area contributed by atoms with Crippen molar-refractivity contribution in [2.24, 2.45) is 0 Å². The molecule has 1 unspecified atom stereocenters. The number of hydrogen-bond acceptors (Lipinski definition) is 3. The summed E-state index contributed by atoms with van der Waals surface area (Å²) in [6.07, 6.45) is 0. The van der Waals surface area contributed by atoms with Gasteiger partial charge in [-0.15, -0.1) is 0 Å². The van der Waals surface area contributed by atoms with Crippen LogP contribution in [-0.4, -0.2) is 31.4 Å². The Morgan fingerprint density at radius 2 is 2.27 bits per heavy atom. The summed E-state index contributed by atoms with van der Waals surface area (Å²) in [5.74, 6) is 0.198. The van der Waals surface area contributed by atoms with Gasteiger partial charge >= 0.3 is 0 Å². The van der Waals surface area contributed by atoms with Crippen molar-refractivity contribution in [3.63, 3.8) is 0 Å². The molecule has 0 aromatic heterocycles. The lowest BCUT2D eigenvalue weighted by Crippen LogP contribution is -2.34. The molecular formula is C11H16FNO2. The van der Waals surface area contributed by atoms with Crippen molar-refractivity contribution in [2.75, 3.05) is 20.3 Å². The van der Waals surface area contributed by atoms with Gasteiger partial charge in [0.1, 0.15) is 18.2 Å². The van der Waals surface area contributed by atoms with E-state index in [1.165, 1.54) is 6.07 Å². The minimum atomic E-state index is -0.280. The normalized spacial score (nSPS) is 12.5. The van der Waals surface area contributed by atoms with Crippen LogP contribution in [0.5, 0.6) is 5.75 Å². The van der Waals surface area contributed by atoms with Crippen LogP contribution in [0, 0.1) is 12.7 Å². The molecule has 0 fully saturated rings. The van der Waals surface area contributed by atoms with Crippen LogP contribution >= 0.6 is 0 Å². The van der Waals surface area contributed by atoms with E-state index in [0.29, 0.717) is 17.9 Å². The Morgan fingerprint density at radius 1 is 1.53 bits per heavy atom. The average Bonchev–Trinajstić information content (AvgIpc) is 2.24. The molecule has 3 nitrogen and oxygen atoms in total. The fourth-order valence-corrected chi connectivity index (χ4v) is 1.09. The number of aryl methyl sites for hydroxylation is 1. The van der Waals surface area contributed by atoms with Gasteiger partial charge in [0.2, 0.25) is 0 Å². The third-order valence-corrected chi connectivity index (χ3v) is 2.22. The molecule has 0 saturated heterocycles. The van der Waals surface area contributed by atoms with Crippen molar-refractivity contribution < 1.29 is 14.2 Å². The lowest BCUT2D eigenvalue weighted by atomic mass is 10.2. The molecule has 2 N–H and O–H groups in total. The smallest absolute Gasteiger partial charge is 0.129 e. The summed E-state index contributed by atoms with van der Waals surface area (Å²) in [5, 5.41) is 11.8. The minimum Gasteiger partial charge on any atom is -0.492 e. The Labute approximate surface area is 88.9 Å². The largest absolute Gasteiger partial charge is 0.492 e. The molecule has 0 aliphatic heterocycles. The summed E-state index contributed by atoms with van der Waals surface area (Å²) in [6, 6.07) is 4.59. The molecule has 84 valence electrons. The van der Waals surface area contributed by atoms with E-state index in [4.69, 9.17) is 9.84 Å². The van der Waals surface area contributed by atoms with Gasteiger partial charge in [-0.3, -0.25) is 0 Å². The van der Waals surface area contributed by atoms with E-state index in [2.05, 4.69) is 5.32 Å². The van der Waals surface area contributed by atoms with E-state index >= 15 is 0 Å². The molecule has 0 aliphatic rings. The zero-order valence-corrected chi connectivity index (χ0v) is 8.96. The molecule has 4 heteroatoms. The van der Waals surface area contributed by atoms with Crippen LogP contribution in [0.2, 0.25) is 0 Å². The molecular weight excluding hydrogens is 197 g/mol. The molecule has 0 spiro atoms. The van der Waals surface area contributed by atoms with E-state index in [-0.39, 0.29) is 18.5 Å². The second-order valence-corrected chi connectivity index (χ2v) is 3.39. The van der Waals surface area contributed by atoms with E-state index in [1.54, 1.807) is 26.1 Å². The minimum absolute atomic E-state index is 0.00908. The predicted octanol–water partition coefficient (Wildman–Crippen LogP) is 1.09. The lowest BCUT2D eigenvalue weighted by Gasteiger charge is -2.14. The number of aliphatic hydroxyl groups is 1. The first-order chi connectivity index (χ1) is 7.17. The van der Waals surface area contributed by atoms with Crippen LogP contribution in [0.1, 0.15) is 5.56 Å². The van der Waals surface area contributed by atoms with Crippen molar-refractivity contribution >= 4 is 0 Å². The van der Waals surface area contributed by atoms with Gasteiger partial charge in [0.25, 0.3) is 0 Å². The van der Waals surface area contributed by atoms with Crippen molar-refractivity contribution in [3.8, 4) is 5.75 Å². The molecule has 1 rings (SSSR count). The molecule has 0 saturated carbocycles. The van der Waals surface area contributed by atoms with Crippen LogP contribution in [0.3, 0.4) is 0 Å². The second-order valence-electron chi connectivity index (χ2n) is 3.39. The van der Waals surface area contributed by atoms with E-state index in [9.17, 15) is 4.39 Å². The third kappa shape index (κ3) is 3.49. The summed E-state index contributed by atoms with van der Waals surface area (Å²) < 4.78 is 18.4. The van der Waals surface area contributed by atoms with Gasteiger partial charge in [0.05, 0.1) is 12.6 Å². The SMILES string of the molecule is CNC(CO)COc1ccc(C)c(F)c1. The standard InChI is InChI=1S/C11H16FNO2/c1-8-3-4-10(5-11(8)12)15-7-9(6-14)13-2/h3-5,9,13-14H,6-7H2,1-2H3. The maximum absolute atomic E-state index is 13.1. The monoisotopic (exact) mass is 213 g/mol. The van der Waals surface area contributed by atoms with Crippen LogP contribution in [0.15, 0.2) is 18.2 Å². The van der Waals surface area contributed by atoms with Crippen LogP contribution < -0.4 is 10.1 Å². The number of likely N-dealkylation sites (N-methyl/N-ethyl adjacent to an activating group) is 1. The molecule has 1 atom stereocenters. The average molecular weight is 213 g/mol. The summed E-state index contributed by atoms with van der Waals surface area (Å²) in [7, 11) is 1.74. The molecule has 1 aromatic carbocycles. The van der Waals surface area contributed by atoms with Crippen molar-refractivity contribution in [1.82, 2.24) is 5.32 Å². The Bertz CT molecular complexity index is 313. The van der Waals surface area contributed by atoms with Gasteiger partial charge in [-0.05, 0) is 25.6 Å². The zero-order valence-electron chi connectivity index (χ0n) is 8.96. The number of aliphatic hydroxyl groups excluding tert-OH is 1. The van der Waals surface area contributed by atoms with Gasteiger partial charge in [0, 0.05) is 6.07 Å². The predicted molar refractivity (Wildman–Crippen MR) is 56.6 cm³/mol. The quantitative estimate of drug-likeness (QED) is 0.769. The van der Waals surface area contributed by atoms with E-state index in [1.807, 2.05) is 0 Å². The first kappa shape index (κ1) is 11.9. The first-order valence-electron chi connectivity index (χ1n) is 4.84. The van der Waals surface area contributed by atoms with Crippen LogP contribution in [0.25, 0.3) is 0 Å². The van der Waals surface area contributed by atoms with Crippen LogP contribution in [-0.2, 0) is 0 Å². The maximum atomic E-state index is 13.1. The van der Waals surface area contributed by atoms with E-state index < -0.39 is 0 Å². The highest BCUT2D eigenvalue weighted by molar-refractivity contribution is 5.27. The molecule has 0 radical (unpaired) electrons. The Morgan fingerprint density at radius 3 is 2.80 bits per heavy atom. The van der Waals surface area contributed by atoms with Gasteiger partial charge in [-0.1, -0.05) is 6.07 Å². The molecule has 15 heavy (non-hydrogen) atoms. The molecule has 0 bridgehead atoms. The Balaban J connectivity index is 2.54.